The average molecular weight is 336 g/mol. The summed E-state index contributed by atoms with van der Waals surface area (Å²) < 4.78 is 5.68. The zero-order valence-electron chi connectivity index (χ0n) is 8.43. The van der Waals surface area contributed by atoms with Crippen molar-refractivity contribution >= 4 is 37.8 Å². The van der Waals surface area contributed by atoms with E-state index in [2.05, 4.69) is 42.7 Å². The minimum atomic E-state index is -0.168. The molecule has 4 heteroatoms. The van der Waals surface area contributed by atoms with Crippen molar-refractivity contribution in [3.8, 4) is 0 Å². The van der Waals surface area contributed by atoms with E-state index in [-0.39, 0.29) is 5.97 Å². The molecule has 0 saturated heterocycles. The van der Waals surface area contributed by atoms with Gasteiger partial charge in [-0.25, -0.2) is 0 Å². The highest BCUT2D eigenvalue weighted by atomic mass is 79.9. The van der Waals surface area contributed by atoms with Crippen molar-refractivity contribution in [2.75, 3.05) is 7.11 Å². The lowest BCUT2D eigenvalue weighted by atomic mass is 10.1. The third-order valence-corrected chi connectivity index (χ3v) is 3.48. The van der Waals surface area contributed by atoms with Gasteiger partial charge in [-0.15, -0.1) is 0 Å². The van der Waals surface area contributed by atoms with E-state index < -0.39 is 0 Å². The predicted molar refractivity (Wildman–Crippen MR) is 67.1 cm³/mol. The van der Waals surface area contributed by atoms with Crippen molar-refractivity contribution in [3.63, 3.8) is 0 Å². The molecule has 82 valence electrons. The van der Waals surface area contributed by atoms with E-state index in [0.29, 0.717) is 6.42 Å². The molecule has 0 aliphatic rings. The Balaban J connectivity index is 2.66. The maximum Gasteiger partial charge on any atom is 0.305 e. The van der Waals surface area contributed by atoms with Gasteiger partial charge in [0.2, 0.25) is 0 Å². The van der Waals surface area contributed by atoms with Crippen LogP contribution in [0.3, 0.4) is 0 Å². The summed E-state index contributed by atoms with van der Waals surface area (Å²) in [4.78, 5) is 11.0. The van der Waals surface area contributed by atoms with Crippen molar-refractivity contribution in [1.29, 1.82) is 0 Å². The molecule has 0 aliphatic heterocycles. The normalized spacial score (nSPS) is 10.1. The molecule has 0 unspecified atom stereocenters. The largest absolute Gasteiger partial charge is 0.469 e. The summed E-state index contributed by atoms with van der Waals surface area (Å²) in [5.74, 6) is -0.168. The summed E-state index contributed by atoms with van der Waals surface area (Å²) in [6.07, 6.45) is 1.15. The Kier molecular flexibility index (Phi) is 5.32. The van der Waals surface area contributed by atoms with E-state index in [0.717, 1.165) is 21.8 Å². The Labute approximate surface area is 106 Å². The molecule has 0 amide bonds. The van der Waals surface area contributed by atoms with Crippen LogP contribution in [-0.4, -0.2) is 13.1 Å². The molecule has 0 heterocycles. The van der Waals surface area contributed by atoms with Crippen LogP contribution in [0.4, 0.5) is 0 Å². The highest BCUT2D eigenvalue weighted by Gasteiger charge is 2.04. The number of ether oxygens (including phenoxy) is 1. The Bertz CT molecular complexity index is 350. The first-order valence-corrected chi connectivity index (χ1v) is 6.49. The van der Waals surface area contributed by atoms with Crippen LogP contribution in [-0.2, 0) is 21.3 Å². The molecular formula is C11H12Br2O2. The first kappa shape index (κ1) is 12.7. The van der Waals surface area contributed by atoms with E-state index in [4.69, 9.17) is 0 Å². The lowest BCUT2D eigenvalue weighted by Gasteiger charge is -2.05. The zero-order valence-corrected chi connectivity index (χ0v) is 11.6. The van der Waals surface area contributed by atoms with Crippen molar-refractivity contribution in [2.45, 2.75) is 18.2 Å². The Morgan fingerprint density at radius 2 is 2.20 bits per heavy atom. The van der Waals surface area contributed by atoms with Crippen molar-refractivity contribution < 1.29 is 9.53 Å². The molecule has 0 aliphatic carbocycles. The average Bonchev–Trinajstić information content (AvgIpc) is 2.27. The number of esters is 1. The molecule has 15 heavy (non-hydrogen) atoms. The first-order chi connectivity index (χ1) is 7.17. The number of methoxy groups -OCH3 is 1. The second-order valence-corrected chi connectivity index (χ2v) is 4.55. The van der Waals surface area contributed by atoms with Gasteiger partial charge in [-0.05, 0) is 23.6 Å². The molecular weight excluding hydrogens is 324 g/mol. The van der Waals surface area contributed by atoms with Gasteiger partial charge in [0, 0.05) is 16.2 Å². The third kappa shape index (κ3) is 3.95. The van der Waals surface area contributed by atoms with Crippen LogP contribution >= 0.6 is 31.9 Å². The summed E-state index contributed by atoms with van der Waals surface area (Å²) in [5, 5.41) is 0.805. The molecule has 0 N–H and O–H groups in total. The zero-order chi connectivity index (χ0) is 11.3. The van der Waals surface area contributed by atoms with Gasteiger partial charge in [-0.3, -0.25) is 4.79 Å². The molecule has 0 atom stereocenters. The van der Waals surface area contributed by atoms with Gasteiger partial charge in [0.1, 0.15) is 0 Å². The summed E-state index contributed by atoms with van der Waals surface area (Å²) in [5.41, 5.74) is 2.34. The number of carbonyl (C=O) groups is 1. The van der Waals surface area contributed by atoms with E-state index in [1.807, 2.05) is 12.1 Å². The number of carbonyl (C=O) groups excluding carboxylic acids is 1. The summed E-state index contributed by atoms with van der Waals surface area (Å²) in [6.45, 7) is 0. The van der Waals surface area contributed by atoms with Gasteiger partial charge in [-0.2, -0.15) is 0 Å². The van der Waals surface area contributed by atoms with Crippen LogP contribution in [0.2, 0.25) is 0 Å². The van der Waals surface area contributed by atoms with Crippen molar-refractivity contribution in [1.82, 2.24) is 0 Å². The summed E-state index contributed by atoms with van der Waals surface area (Å²) in [6, 6.07) is 6.10. The molecule has 0 aromatic heterocycles. The van der Waals surface area contributed by atoms with Gasteiger partial charge in [0.15, 0.2) is 0 Å². The van der Waals surface area contributed by atoms with Gasteiger partial charge < -0.3 is 4.74 Å². The number of aryl methyl sites for hydroxylation is 1. The molecule has 1 aromatic carbocycles. The van der Waals surface area contributed by atoms with Crippen LogP contribution in [0.1, 0.15) is 17.5 Å². The second-order valence-electron chi connectivity index (χ2n) is 3.14. The third-order valence-electron chi connectivity index (χ3n) is 2.10. The maximum atomic E-state index is 11.0. The fourth-order valence-electron chi connectivity index (χ4n) is 1.23. The summed E-state index contributed by atoms with van der Waals surface area (Å²) in [7, 11) is 1.41. The number of rotatable bonds is 4. The van der Waals surface area contributed by atoms with Gasteiger partial charge in [0.05, 0.1) is 7.11 Å². The number of hydrogen-bond donors (Lipinski definition) is 0. The van der Waals surface area contributed by atoms with Crippen molar-refractivity contribution in [3.05, 3.63) is 33.8 Å². The standard InChI is InChI=1S/C11H12Br2O2/c1-15-11(14)5-3-8-2-4-10(13)9(6-8)7-12/h2,4,6H,3,5,7H2,1H3. The highest BCUT2D eigenvalue weighted by Crippen LogP contribution is 2.21. The van der Waals surface area contributed by atoms with E-state index in [1.165, 1.54) is 12.7 Å². The Morgan fingerprint density at radius 1 is 1.47 bits per heavy atom. The fraction of sp³-hybridized carbons (Fsp3) is 0.364. The predicted octanol–water partition coefficient (Wildman–Crippen LogP) is 3.45. The van der Waals surface area contributed by atoms with Gasteiger partial charge >= 0.3 is 5.97 Å². The molecule has 0 spiro atoms. The number of benzene rings is 1. The maximum absolute atomic E-state index is 11.0. The van der Waals surface area contributed by atoms with E-state index in [1.54, 1.807) is 0 Å². The topological polar surface area (TPSA) is 26.3 Å². The molecule has 1 rings (SSSR count). The van der Waals surface area contributed by atoms with E-state index in [9.17, 15) is 4.79 Å². The van der Waals surface area contributed by atoms with Crippen LogP contribution < -0.4 is 0 Å². The molecule has 0 bridgehead atoms. The SMILES string of the molecule is COC(=O)CCc1ccc(Br)c(CBr)c1. The minimum absolute atomic E-state index is 0.168. The van der Waals surface area contributed by atoms with Crippen LogP contribution in [0.15, 0.2) is 22.7 Å². The molecule has 0 saturated carbocycles. The summed E-state index contributed by atoms with van der Waals surface area (Å²) >= 11 is 6.88. The fourth-order valence-corrected chi connectivity index (χ4v) is 2.46. The Morgan fingerprint density at radius 3 is 2.80 bits per heavy atom. The first-order valence-electron chi connectivity index (χ1n) is 4.57. The van der Waals surface area contributed by atoms with Crippen LogP contribution in [0.25, 0.3) is 0 Å². The Hall–Kier alpha value is -0.350. The van der Waals surface area contributed by atoms with Gasteiger partial charge in [0.25, 0.3) is 0 Å². The van der Waals surface area contributed by atoms with E-state index >= 15 is 0 Å². The molecule has 1 aromatic rings. The number of halogens is 2. The van der Waals surface area contributed by atoms with Crippen molar-refractivity contribution in [2.24, 2.45) is 0 Å². The smallest absolute Gasteiger partial charge is 0.305 e. The lowest BCUT2D eigenvalue weighted by molar-refractivity contribution is -0.140. The van der Waals surface area contributed by atoms with Crippen LogP contribution in [0, 0.1) is 0 Å². The van der Waals surface area contributed by atoms with Crippen LogP contribution in [0.5, 0.6) is 0 Å². The lowest BCUT2D eigenvalue weighted by Crippen LogP contribution is -2.02. The number of alkyl halides is 1. The quantitative estimate of drug-likeness (QED) is 0.622. The molecule has 0 fully saturated rings. The van der Waals surface area contributed by atoms with Gasteiger partial charge in [-0.1, -0.05) is 44.0 Å². The number of hydrogen-bond acceptors (Lipinski definition) is 2. The highest BCUT2D eigenvalue weighted by molar-refractivity contribution is 9.10. The minimum Gasteiger partial charge on any atom is -0.469 e. The monoisotopic (exact) mass is 334 g/mol. The molecule has 2 nitrogen and oxygen atoms in total. The second kappa shape index (κ2) is 6.28. The molecule has 0 radical (unpaired) electrons.